The average Bonchev–Trinajstić information content (AvgIpc) is 2.32. The van der Waals surface area contributed by atoms with Crippen LogP contribution in [0.4, 0.5) is 0 Å². The fourth-order valence-corrected chi connectivity index (χ4v) is 2.12. The van der Waals surface area contributed by atoms with Crippen LogP contribution in [-0.4, -0.2) is 41.3 Å². The SMILES string of the molecule is CN(N)CC(C)(C)CNC(=O)c1ccc(O)c(O)c1Cl. The molecule has 20 heavy (non-hydrogen) atoms. The van der Waals surface area contributed by atoms with E-state index in [-0.39, 0.29) is 21.8 Å². The lowest BCUT2D eigenvalue weighted by atomic mass is 9.93. The number of carbonyl (C=O) groups excluding carboxylic acids is 1. The first-order chi connectivity index (χ1) is 9.14. The third kappa shape index (κ3) is 4.26. The number of phenols is 2. The molecule has 0 heterocycles. The van der Waals surface area contributed by atoms with E-state index < -0.39 is 11.7 Å². The van der Waals surface area contributed by atoms with E-state index in [1.807, 2.05) is 13.8 Å². The summed E-state index contributed by atoms with van der Waals surface area (Å²) in [5.74, 6) is 4.31. The number of halogens is 1. The second-order valence-corrected chi connectivity index (χ2v) is 5.93. The smallest absolute Gasteiger partial charge is 0.252 e. The highest BCUT2D eigenvalue weighted by Crippen LogP contribution is 2.35. The van der Waals surface area contributed by atoms with Crippen LogP contribution in [0.25, 0.3) is 0 Å². The van der Waals surface area contributed by atoms with E-state index in [1.165, 1.54) is 12.1 Å². The maximum Gasteiger partial charge on any atom is 0.252 e. The van der Waals surface area contributed by atoms with Gasteiger partial charge in [-0.05, 0) is 17.5 Å². The molecule has 6 nitrogen and oxygen atoms in total. The van der Waals surface area contributed by atoms with Gasteiger partial charge in [0, 0.05) is 20.1 Å². The van der Waals surface area contributed by atoms with Gasteiger partial charge in [-0.3, -0.25) is 10.6 Å². The standard InChI is InChI=1S/C13H20ClN3O3/c1-13(2,7-17(3)15)6-16-12(20)8-4-5-9(18)11(19)10(8)14/h4-5,18-19H,6-7,15H2,1-3H3,(H,16,20). The molecular formula is C13H20ClN3O3. The lowest BCUT2D eigenvalue weighted by molar-refractivity contribution is 0.0926. The fourth-order valence-electron chi connectivity index (χ4n) is 1.88. The van der Waals surface area contributed by atoms with Gasteiger partial charge in [-0.1, -0.05) is 25.4 Å². The quantitative estimate of drug-likeness (QED) is 0.373. The third-order valence-corrected chi connectivity index (χ3v) is 3.13. The maximum atomic E-state index is 12.0. The minimum absolute atomic E-state index is 0.110. The molecule has 0 atom stereocenters. The molecule has 0 spiro atoms. The Hall–Kier alpha value is -1.50. The molecular weight excluding hydrogens is 282 g/mol. The number of carbonyl (C=O) groups is 1. The van der Waals surface area contributed by atoms with Crippen LogP contribution in [0.15, 0.2) is 12.1 Å². The van der Waals surface area contributed by atoms with Gasteiger partial charge in [0.25, 0.3) is 5.91 Å². The molecule has 5 N–H and O–H groups in total. The molecule has 0 aliphatic carbocycles. The fraction of sp³-hybridized carbons (Fsp3) is 0.462. The number of nitrogens with zero attached hydrogens (tertiary/aromatic N) is 1. The Kier molecular flexibility index (Phi) is 5.21. The van der Waals surface area contributed by atoms with Crippen LogP contribution >= 0.6 is 11.6 Å². The minimum atomic E-state index is -0.500. The van der Waals surface area contributed by atoms with Crippen LogP contribution in [0.1, 0.15) is 24.2 Å². The summed E-state index contributed by atoms with van der Waals surface area (Å²) in [5.41, 5.74) is -0.108. The molecule has 0 bridgehead atoms. The maximum absolute atomic E-state index is 12.0. The predicted octanol–water partition coefficient (Wildman–Crippen LogP) is 1.31. The molecule has 0 saturated carbocycles. The molecule has 0 aliphatic rings. The van der Waals surface area contributed by atoms with Crippen LogP contribution in [0.3, 0.4) is 0 Å². The molecule has 0 aliphatic heterocycles. The second kappa shape index (κ2) is 6.30. The van der Waals surface area contributed by atoms with Gasteiger partial charge in [-0.25, -0.2) is 5.01 Å². The van der Waals surface area contributed by atoms with Crippen molar-refractivity contribution in [3.63, 3.8) is 0 Å². The van der Waals surface area contributed by atoms with Crippen LogP contribution < -0.4 is 11.2 Å². The number of amides is 1. The van der Waals surface area contributed by atoms with Crippen LogP contribution in [0, 0.1) is 5.41 Å². The van der Waals surface area contributed by atoms with Crippen molar-refractivity contribution in [3.05, 3.63) is 22.7 Å². The summed E-state index contributed by atoms with van der Waals surface area (Å²) >= 11 is 5.83. The van der Waals surface area contributed by atoms with Gasteiger partial charge in [0.05, 0.1) is 10.6 Å². The largest absolute Gasteiger partial charge is 0.504 e. The van der Waals surface area contributed by atoms with Gasteiger partial charge >= 0.3 is 0 Å². The number of benzene rings is 1. The van der Waals surface area contributed by atoms with Crippen molar-refractivity contribution in [2.45, 2.75) is 13.8 Å². The van der Waals surface area contributed by atoms with Gasteiger partial charge in [-0.15, -0.1) is 0 Å². The summed E-state index contributed by atoms with van der Waals surface area (Å²) < 4.78 is 0. The minimum Gasteiger partial charge on any atom is -0.504 e. The lowest BCUT2D eigenvalue weighted by Gasteiger charge is -2.28. The Balaban J connectivity index is 2.76. The monoisotopic (exact) mass is 301 g/mol. The van der Waals surface area contributed by atoms with Crippen molar-refractivity contribution in [2.24, 2.45) is 11.3 Å². The molecule has 112 valence electrons. The lowest BCUT2D eigenvalue weighted by Crippen LogP contribution is -2.43. The van der Waals surface area contributed by atoms with E-state index in [0.717, 1.165) is 0 Å². The van der Waals surface area contributed by atoms with E-state index in [4.69, 9.17) is 17.4 Å². The van der Waals surface area contributed by atoms with E-state index in [2.05, 4.69) is 5.32 Å². The number of hydrogen-bond donors (Lipinski definition) is 4. The van der Waals surface area contributed by atoms with Crippen molar-refractivity contribution < 1.29 is 15.0 Å². The number of hydrazine groups is 1. The van der Waals surface area contributed by atoms with Gasteiger partial charge in [-0.2, -0.15) is 0 Å². The molecule has 1 aromatic carbocycles. The molecule has 1 amide bonds. The van der Waals surface area contributed by atoms with Crippen molar-refractivity contribution in [1.29, 1.82) is 0 Å². The summed E-state index contributed by atoms with van der Waals surface area (Å²) in [6, 6.07) is 2.57. The molecule has 0 fully saturated rings. The average molecular weight is 302 g/mol. The number of nitrogens with two attached hydrogens (primary N) is 1. The molecule has 0 unspecified atom stereocenters. The summed E-state index contributed by atoms with van der Waals surface area (Å²) in [7, 11) is 1.75. The Morgan fingerprint density at radius 1 is 1.45 bits per heavy atom. The van der Waals surface area contributed by atoms with Crippen LogP contribution in [0.5, 0.6) is 11.5 Å². The Bertz CT molecular complexity index is 504. The summed E-state index contributed by atoms with van der Waals surface area (Å²) in [5, 5.41) is 22.9. The third-order valence-electron chi connectivity index (χ3n) is 2.74. The Labute approximate surface area is 123 Å². The van der Waals surface area contributed by atoms with Crippen molar-refractivity contribution in [3.8, 4) is 11.5 Å². The van der Waals surface area contributed by atoms with Gasteiger partial charge in [0.2, 0.25) is 0 Å². The number of rotatable bonds is 5. The number of nitrogens with one attached hydrogen (secondary N) is 1. The van der Waals surface area contributed by atoms with E-state index in [1.54, 1.807) is 12.1 Å². The number of aromatic hydroxyl groups is 2. The highest BCUT2D eigenvalue weighted by Gasteiger charge is 2.22. The molecule has 0 saturated heterocycles. The van der Waals surface area contributed by atoms with E-state index >= 15 is 0 Å². The highest BCUT2D eigenvalue weighted by atomic mass is 35.5. The van der Waals surface area contributed by atoms with E-state index in [0.29, 0.717) is 13.1 Å². The second-order valence-electron chi connectivity index (χ2n) is 5.56. The molecule has 1 rings (SSSR count). The van der Waals surface area contributed by atoms with Crippen molar-refractivity contribution in [1.82, 2.24) is 10.3 Å². The van der Waals surface area contributed by atoms with E-state index in [9.17, 15) is 15.0 Å². The topological polar surface area (TPSA) is 98.8 Å². The number of phenolic OH excluding ortho intramolecular Hbond substituents is 2. The van der Waals surface area contributed by atoms with Crippen molar-refractivity contribution in [2.75, 3.05) is 20.1 Å². The van der Waals surface area contributed by atoms with Gasteiger partial charge in [0.15, 0.2) is 11.5 Å². The summed E-state index contributed by atoms with van der Waals surface area (Å²) in [4.78, 5) is 12.0. The zero-order valence-corrected chi connectivity index (χ0v) is 12.5. The zero-order valence-electron chi connectivity index (χ0n) is 11.8. The molecule has 0 radical (unpaired) electrons. The first kappa shape index (κ1) is 16.6. The molecule has 0 aromatic heterocycles. The highest BCUT2D eigenvalue weighted by molar-refractivity contribution is 6.35. The normalized spacial score (nSPS) is 11.7. The number of hydrogen-bond acceptors (Lipinski definition) is 5. The molecule has 7 heteroatoms. The Morgan fingerprint density at radius 3 is 2.60 bits per heavy atom. The molecule has 1 aromatic rings. The van der Waals surface area contributed by atoms with Crippen molar-refractivity contribution >= 4 is 17.5 Å². The zero-order chi connectivity index (χ0) is 15.5. The predicted molar refractivity (Wildman–Crippen MR) is 77.7 cm³/mol. The van der Waals surface area contributed by atoms with Crippen LogP contribution in [0.2, 0.25) is 5.02 Å². The summed E-state index contributed by atoms with van der Waals surface area (Å²) in [6.07, 6.45) is 0. The van der Waals surface area contributed by atoms with Gasteiger partial charge < -0.3 is 15.5 Å². The first-order valence-corrected chi connectivity index (χ1v) is 6.46. The van der Waals surface area contributed by atoms with Gasteiger partial charge in [0.1, 0.15) is 0 Å². The first-order valence-electron chi connectivity index (χ1n) is 6.08. The van der Waals surface area contributed by atoms with Crippen LogP contribution in [-0.2, 0) is 0 Å². The Morgan fingerprint density at radius 2 is 2.05 bits per heavy atom. The summed E-state index contributed by atoms with van der Waals surface area (Å²) in [6.45, 7) is 4.92.